The Kier molecular flexibility index (Phi) is 6.64. The third-order valence-electron chi connectivity index (χ3n) is 7.65. The van der Waals surface area contributed by atoms with Crippen LogP contribution in [0.25, 0.3) is 0 Å². The molecule has 0 bridgehead atoms. The van der Waals surface area contributed by atoms with Gasteiger partial charge in [0.1, 0.15) is 13.2 Å². The molecule has 0 saturated carbocycles. The number of fused-ring (bicyclic) bond motifs is 1. The third-order valence-corrected chi connectivity index (χ3v) is 7.65. The summed E-state index contributed by atoms with van der Waals surface area (Å²) in [6.45, 7) is 5.38. The van der Waals surface area contributed by atoms with Crippen LogP contribution in [0.1, 0.15) is 36.8 Å². The van der Waals surface area contributed by atoms with Gasteiger partial charge in [-0.3, -0.25) is 14.6 Å². The van der Waals surface area contributed by atoms with Crippen molar-refractivity contribution in [1.29, 1.82) is 0 Å². The van der Waals surface area contributed by atoms with Crippen LogP contribution >= 0.6 is 0 Å². The van der Waals surface area contributed by atoms with Crippen LogP contribution in [0.4, 0.5) is 4.79 Å². The summed E-state index contributed by atoms with van der Waals surface area (Å²) in [5.41, 5.74) is 3.02. The highest BCUT2D eigenvalue weighted by Gasteiger charge is 2.33. The topological polar surface area (TPSA) is 62.3 Å². The molecule has 1 aliphatic carbocycles. The van der Waals surface area contributed by atoms with E-state index in [-0.39, 0.29) is 24.6 Å². The monoisotopic (exact) mass is 441 g/mol. The molecule has 1 aromatic rings. The van der Waals surface area contributed by atoms with Crippen LogP contribution in [0.5, 0.6) is 0 Å². The molecule has 0 aromatic heterocycles. The van der Waals surface area contributed by atoms with Crippen LogP contribution in [0.2, 0.25) is 0 Å². The molecule has 0 N–H and O–H groups in total. The molecule has 1 atom stereocenters. The fraction of sp³-hybridized carbons (Fsp3) is 0.680. The number of benzene rings is 1. The van der Waals surface area contributed by atoms with Gasteiger partial charge in [-0.2, -0.15) is 0 Å². The van der Waals surface area contributed by atoms with Crippen molar-refractivity contribution < 1.29 is 19.1 Å². The van der Waals surface area contributed by atoms with E-state index < -0.39 is 0 Å². The normalized spacial score (nSPS) is 24.7. The van der Waals surface area contributed by atoms with Crippen molar-refractivity contribution in [3.05, 3.63) is 35.4 Å². The first-order valence-corrected chi connectivity index (χ1v) is 12.3. The average Bonchev–Trinajstić information content (AvgIpc) is 3.55. The lowest BCUT2D eigenvalue weighted by atomic mass is 9.94. The van der Waals surface area contributed by atoms with Crippen molar-refractivity contribution in [3.63, 3.8) is 0 Å². The van der Waals surface area contributed by atoms with Gasteiger partial charge in [0, 0.05) is 25.7 Å². The van der Waals surface area contributed by atoms with E-state index >= 15 is 0 Å². The second-order valence-corrected chi connectivity index (χ2v) is 9.78. The number of carbonyl (C=O) groups is 2. The zero-order chi connectivity index (χ0) is 21.9. The number of cyclic esters (lactones) is 1. The second kappa shape index (κ2) is 9.79. The number of ether oxygens (including phenoxy) is 2. The first-order valence-electron chi connectivity index (χ1n) is 12.3. The summed E-state index contributed by atoms with van der Waals surface area (Å²) in [6, 6.07) is 9.46. The minimum atomic E-state index is -0.374. The van der Waals surface area contributed by atoms with Gasteiger partial charge in [-0.05, 0) is 68.7 Å². The number of rotatable bonds is 7. The van der Waals surface area contributed by atoms with Gasteiger partial charge in [-0.1, -0.05) is 24.3 Å². The van der Waals surface area contributed by atoms with Gasteiger partial charge in [-0.15, -0.1) is 0 Å². The molecule has 5 rings (SSSR count). The van der Waals surface area contributed by atoms with Gasteiger partial charge in [0.25, 0.3) is 0 Å². The molecule has 1 aromatic carbocycles. The van der Waals surface area contributed by atoms with E-state index in [4.69, 9.17) is 9.47 Å². The Labute approximate surface area is 190 Å². The number of amides is 2. The summed E-state index contributed by atoms with van der Waals surface area (Å²) in [5.74, 6) is 0.527. The van der Waals surface area contributed by atoms with Gasteiger partial charge < -0.3 is 14.4 Å². The lowest BCUT2D eigenvalue weighted by molar-refractivity contribution is -0.134. The molecular formula is C25H35N3O4. The van der Waals surface area contributed by atoms with Gasteiger partial charge in [0.15, 0.2) is 0 Å². The summed E-state index contributed by atoms with van der Waals surface area (Å²) in [5, 5.41) is 0. The molecule has 2 amide bonds. The van der Waals surface area contributed by atoms with Crippen LogP contribution in [-0.4, -0.2) is 91.3 Å². The smallest absolute Gasteiger partial charge is 0.410 e. The van der Waals surface area contributed by atoms with E-state index in [0.717, 1.165) is 64.8 Å². The lowest BCUT2D eigenvalue weighted by Gasteiger charge is -2.38. The zero-order valence-corrected chi connectivity index (χ0v) is 18.9. The van der Waals surface area contributed by atoms with Crippen molar-refractivity contribution in [2.45, 2.75) is 50.7 Å². The standard InChI is InChI=1S/C25H35N3O4/c29-24(18-27-11-13-32-25(27)30)28(17-23-6-3-12-31-23)16-19-7-9-26(10-8-19)22-14-20-4-1-2-5-21(20)15-22/h1-2,4-5,19,22-23H,3,6-18H2/t23-/m1/s1. The van der Waals surface area contributed by atoms with Crippen LogP contribution in [0, 0.1) is 5.92 Å². The van der Waals surface area contributed by atoms with Crippen molar-refractivity contribution in [3.8, 4) is 0 Å². The molecule has 3 saturated heterocycles. The minimum absolute atomic E-state index is 0.0213. The maximum Gasteiger partial charge on any atom is 0.410 e. The highest BCUT2D eigenvalue weighted by Crippen LogP contribution is 2.29. The molecule has 0 spiro atoms. The summed E-state index contributed by atoms with van der Waals surface area (Å²) in [4.78, 5) is 31.1. The Morgan fingerprint density at radius 2 is 1.75 bits per heavy atom. The van der Waals surface area contributed by atoms with Gasteiger partial charge in [0.2, 0.25) is 5.91 Å². The Balaban J connectivity index is 1.15. The molecular weight excluding hydrogens is 406 g/mol. The largest absolute Gasteiger partial charge is 0.448 e. The SMILES string of the molecule is O=C(CN1CCOC1=O)N(CC1CCN(C2Cc3ccccc3C2)CC1)C[C@H]1CCCO1. The summed E-state index contributed by atoms with van der Waals surface area (Å²) >= 11 is 0. The van der Waals surface area contributed by atoms with Crippen molar-refractivity contribution >= 4 is 12.0 Å². The van der Waals surface area contributed by atoms with Crippen LogP contribution in [0.15, 0.2) is 24.3 Å². The number of hydrogen-bond donors (Lipinski definition) is 0. The van der Waals surface area contributed by atoms with Gasteiger partial charge in [-0.25, -0.2) is 4.79 Å². The second-order valence-electron chi connectivity index (χ2n) is 9.78. The van der Waals surface area contributed by atoms with E-state index in [9.17, 15) is 9.59 Å². The van der Waals surface area contributed by atoms with Gasteiger partial charge in [0.05, 0.1) is 12.6 Å². The molecule has 3 aliphatic heterocycles. The van der Waals surface area contributed by atoms with Crippen molar-refractivity contribution in [1.82, 2.24) is 14.7 Å². The molecule has 3 fully saturated rings. The van der Waals surface area contributed by atoms with Crippen LogP contribution < -0.4 is 0 Å². The zero-order valence-electron chi connectivity index (χ0n) is 18.9. The van der Waals surface area contributed by atoms with Crippen molar-refractivity contribution in [2.24, 2.45) is 5.92 Å². The number of piperidine rings is 1. The van der Waals surface area contributed by atoms with Gasteiger partial charge >= 0.3 is 6.09 Å². The molecule has 7 nitrogen and oxygen atoms in total. The molecule has 0 unspecified atom stereocenters. The third kappa shape index (κ3) is 4.94. The predicted octanol–water partition coefficient (Wildman–Crippen LogP) is 2.33. The summed E-state index contributed by atoms with van der Waals surface area (Å²) in [6.07, 6.45) is 6.39. The number of nitrogens with zero attached hydrogens (tertiary/aromatic N) is 3. The molecule has 3 heterocycles. The quantitative estimate of drug-likeness (QED) is 0.650. The fourth-order valence-electron chi connectivity index (χ4n) is 5.75. The first kappa shape index (κ1) is 21.7. The number of likely N-dealkylation sites (tertiary alicyclic amines) is 1. The number of carbonyl (C=O) groups excluding carboxylic acids is 2. The summed E-state index contributed by atoms with van der Waals surface area (Å²) in [7, 11) is 0. The van der Waals surface area contributed by atoms with Crippen LogP contribution in [0.3, 0.4) is 0 Å². The molecule has 174 valence electrons. The molecule has 7 heteroatoms. The Bertz CT molecular complexity index is 792. The Morgan fingerprint density at radius 3 is 2.38 bits per heavy atom. The Morgan fingerprint density at radius 1 is 1.00 bits per heavy atom. The van der Waals surface area contributed by atoms with Crippen LogP contribution in [-0.2, 0) is 27.1 Å². The Hall–Kier alpha value is -2.12. The van der Waals surface area contributed by atoms with E-state index in [1.54, 1.807) is 0 Å². The fourth-order valence-corrected chi connectivity index (χ4v) is 5.75. The highest BCUT2D eigenvalue weighted by molar-refractivity contribution is 5.83. The maximum atomic E-state index is 13.1. The van der Waals surface area contributed by atoms with E-state index in [1.165, 1.54) is 16.0 Å². The minimum Gasteiger partial charge on any atom is -0.448 e. The molecule has 0 radical (unpaired) electrons. The highest BCUT2D eigenvalue weighted by atomic mass is 16.6. The van der Waals surface area contributed by atoms with E-state index in [2.05, 4.69) is 29.2 Å². The molecule has 4 aliphatic rings. The first-order chi connectivity index (χ1) is 15.7. The number of hydrogen-bond acceptors (Lipinski definition) is 5. The summed E-state index contributed by atoms with van der Waals surface area (Å²) < 4.78 is 10.8. The van der Waals surface area contributed by atoms with E-state index in [1.807, 2.05) is 4.90 Å². The predicted molar refractivity (Wildman–Crippen MR) is 120 cm³/mol. The van der Waals surface area contributed by atoms with Crippen molar-refractivity contribution in [2.75, 3.05) is 52.5 Å². The van der Waals surface area contributed by atoms with E-state index in [0.29, 0.717) is 31.7 Å². The molecule has 32 heavy (non-hydrogen) atoms. The lowest BCUT2D eigenvalue weighted by Crippen LogP contribution is -2.48. The maximum absolute atomic E-state index is 13.1. The average molecular weight is 442 g/mol.